The van der Waals surface area contributed by atoms with E-state index in [1.807, 2.05) is 18.3 Å². The smallest absolute Gasteiger partial charge is 0.475 e. The molecule has 3 atom stereocenters. The number of halogens is 3. The Morgan fingerprint density at radius 3 is 2.58 bits per heavy atom. The van der Waals surface area contributed by atoms with Gasteiger partial charge >= 0.3 is 12.1 Å². The van der Waals surface area contributed by atoms with Gasteiger partial charge in [0.2, 0.25) is 5.91 Å². The molecule has 7 nitrogen and oxygen atoms in total. The van der Waals surface area contributed by atoms with E-state index in [2.05, 4.69) is 9.88 Å². The number of aromatic nitrogens is 1. The van der Waals surface area contributed by atoms with Gasteiger partial charge in [0, 0.05) is 25.4 Å². The SMILES string of the molecule is O=C(CC1CC1)N1CC[C@@H]2O[C@@H](COCc3cccnc3)CC[C@@H]21.O=C(O)C(F)(F)F. The van der Waals surface area contributed by atoms with Crippen molar-refractivity contribution in [1.82, 2.24) is 9.88 Å². The molecule has 3 heterocycles. The van der Waals surface area contributed by atoms with Gasteiger partial charge in [0.25, 0.3) is 0 Å². The van der Waals surface area contributed by atoms with Gasteiger partial charge in [-0.3, -0.25) is 9.78 Å². The fraction of sp³-hybridized carbons (Fsp3) is 0.667. The first-order valence-electron chi connectivity index (χ1n) is 10.5. The lowest BCUT2D eigenvalue weighted by atomic mass is 9.99. The number of carboxylic acids is 1. The number of carbonyl (C=O) groups is 2. The third kappa shape index (κ3) is 7.17. The normalized spacial score (nSPS) is 25.4. The lowest BCUT2D eigenvalue weighted by Gasteiger charge is -2.36. The average molecular weight is 444 g/mol. The lowest BCUT2D eigenvalue weighted by Crippen LogP contribution is -2.46. The first-order valence-corrected chi connectivity index (χ1v) is 10.5. The Morgan fingerprint density at radius 1 is 1.23 bits per heavy atom. The molecule has 10 heteroatoms. The van der Waals surface area contributed by atoms with Crippen LogP contribution in [-0.2, 0) is 25.7 Å². The maximum Gasteiger partial charge on any atom is 0.490 e. The van der Waals surface area contributed by atoms with Crippen molar-refractivity contribution in [3.05, 3.63) is 30.1 Å². The molecule has 0 bridgehead atoms. The van der Waals surface area contributed by atoms with Gasteiger partial charge in [0.1, 0.15) is 0 Å². The van der Waals surface area contributed by atoms with Crippen LogP contribution < -0.4 is 0 Å². The highest BCUT2D eigenvalue weighted by Crippen LogP contribution is 2.36. The molecule has 1 saturated carbocycles. The predicted molar refractivity (Wildman–Crippen MR) is 103 cm³/mol. The Kier molecular flexibility index (Phi) is 7.88. The summed E-state index contributed by atoms with van der Waals surface area (Å²) in [5, 5.41) is 7.12. The molecule has 0 unspecified atom stereocenters. The van der Waals surface area contributed by atoms with Crippen molar-refractivity contribution < 1.29 is 37.3 Å². The number of rotatable bonds is 6. The van der Waals surface area contributed by atoms with Gasteiger partial charge in [-0.1, -0.05) is 6.07 Å². The Balaban J connectivity index is 0.000000339. The number of pyridine rings is 1. The summed E-state index contributed by atoms with van der Waals surface area (Å²) in [5.74, 6) is -1.75. The zero-order valence-electron chi connectivity index (χ0n) is 17.1. The summed E-state index contributed by atoms with van der Waals surface area (Å²) in [5.41, 5.74) is 1.09. The molecule has 172 valence electrons. The molecule has 0 spiro atoms. The highest BCUT2D eigenvalue weighted by molar-refractivity contribution is 5.77. The van der Waals surface area contributed by atoms with Crippen molar-refractivity contribution in [2.24, 2.45) is 5.92 Å². The predicted octanol–water partition coefficient (Wildman–Crippen LogP) is 3.18. The van der Waals surface area contributed by atoms with Crippen molar-refractivity contribution >= 4 is 11.9 Å². The van der Waals surface area contributed by atoms with E-state index in [9.17, 15) is 18.0 Å². The molecule has 3 aliphatic rings. The van der Waals surface area contributed by atoms with Crippen molar-refractivity contribution in [3.8, 4) is 0 Å². The first-order chi connectivity index (χ1) is 14.7. The fourth-order valence-corrected chi connectivity index (χ4v) is 3.91. The van der Waals surface area contributed by atoms with Crippen molar-refractivity contribution in [2.75, 3.05) is 13.2 Å². The number of hydrogen-bond donors (Lipinski definition) is 1. The number of likely N-dealkylation sites (tertiary alicyclic amines) is 1. The highest BCUT2D eigenvalue weighted by atomic mass is 19.4. The van der Waals surface area contributed by atoms with E-state index in [0.717, 1.165) is 37.8 Å². The summed E-state index contributed by atoms with van der Waals surface area (Å²) in [7, 11) is 0. The number of carboxylic acid groups (broad SMARTS) is 1. The second kappa shape index (κ2) is 10.4. The van der Waals surface area contributed by atoms with Crippen LogP contribution >= 0.6 is 0 Å². The molecule has 0 radical (unpaired) electrons. The summed E-state index contributed by atoms with van der Waals surface area (Å²) in [6.45, 7) is 2.06. The molecule has 1 N–H and O–H groups in total. The number of ether oxygens (including phenoxy) is 2. The zero-order valence-corrected chi connectivity index (χ0v) is 17.1. The van der Waals surface area contributed by atoms with Gasteiger partial charge in [-0.15, -0.1) is 0 Å². The number of fused-ring (bicyclic) bond motifs is 1. The van der Waals surface area contributed by atoms with Gasteiger partial charge in [-0.05, 0) is 49.7 Å². The second-order valence-corrected chi connectivity index (χ2v) is 8.14. The van der Waals surface area contributed by atoms with E-state index in [1.165, 1.54) is 12.8 Å². The Morgan fingerprint density at radius 2 is 1.97 bits per heavy atom. The molecular formula is C21H27F3N2O5. The maximum absolute atomic E-state index is 12.4. The summed E-state index contributed by atoms with van der Waals surface area (Å²) in [6, 6.07) is 4.24. The molecular weight excluding hydrogens is 417 g/mol. The van der Waals surface area contributed by atoms with E-state index >= 15 is 0 Å². The Labute approximate surface area is 178 Å². The summed E-state index contributed by atoms with van der Waals surface area (Å²) >= 11 is 0. The minimum atomic E-state index is -5.08. The summed E-state index contributed by atoms with van der Waals surface area (Å²) < 4.78 is 43.7. The third-order valence-electron chi connectivity index (χ3n) is 5.65. The highest BCUT2D eigenvalue weighted by Gasteiger charge is 2.42. The summed E-state index contributed by atoms with van der Waals surface area (Å²) in [4.78, 5) is 27.5. The standard InChI is InChI=1S/C19H26N2O3.C2HF3O2/c22-19(10-14-3-4-14)21-9-7-18-17(21)6-5-16(24-18)13-23-12-15-2-1-8-20-11-15;3-2(4,5)1(6)7/h1-2,8,11,14,16-18H,3-7,9-10,12-13H2;(H,6,7)/t16-,17+,18+;/m1./s1. The molecule has 1 amide bonds. The van der Waals surface area contributed by atoms with Crippen LogP contribution in [-0.4, -0.2) is 64.4 Å². The minimum absolute atomic E-state index is 0.154. The number of aliphatic carboxylic acids is 1. The van der Waals surface area contributed by atoms with Crippen LogP contribution in [0, 0.1) is 5.92 Å². The molecule has 1 aliphatic carbocycles. The molecule has 2 aliphatic heterocycles. The minimum Gasteiger partial charge on any atom is -0.475 e. The Bertz CT molecular complexity index is 742. The topological polar surface area (TPSA) is 89.0 Å². The quantitative estimate of drug-likeness (QED) is 0.725. The lowest BCUT2D eigenvalue weighted by molar-refractivity contribution is -0.192. The largest absolute Gasteiger partial charge is 0.490 e. The number of alkyl halides is 3. The third-order valence-corrected chi connectivity index (χ3v) is 5.65. The van der Waals surface area contributed by atoms with Gasteiger partial charge in [-0.25, -0.2) is 4.79 Å². The van der Waals surface area contributed by atoms with E-state index in [4.69, 9.17) is 19.4 Å². The average Bonchev–Trinajstić information content (AvgIpc) is 3.44. The monoisotopic (exact) mass is 444 g/mol. The number of carbonyl (C=O) groups excluding carboxylic acids is 1. The molecule has 0 aromatic carbocycles. The molecule has 2 saturated heterocycles. The van der Waals surface area contributed by atoms with Gasteiger partial charge in [0.05, 0.1) is 31.5 Å². The number of amides is 1. The molecule has 1 aromatic heterocycles. The van der Waals surface area contributed by atoms with E-state index in [1.54, 1.807) is 6.20 Å². The summed E-state index contributed by atoms with van der Waals surface area (Å²) in [6.07, 6.45) is 5.09. The van der Waals surface area contributed by atoms with Crippen LogP contribution in [0.2, 0.25) is 0 Å². The fourth-order valence-electron chi connectivity index (χ4n) is 3.91. The van der Waals surface area contributed by atoms with Crippen LogP contribution in [0.1, 0.15) is 44.1 Å². The van der Waals surface area contributed by atoms with Gasteiger partial charge in [-0.2, -0.15) is 13.2 Å². The van der Waals surface area contributed by atoms with E-state index < -0.39 is 12.1 Å². The van der Waals surface area contributed by atoms with E-state index in [-0.39, 0.29) is 12.2 Å². The molecule has 3 fully saturated rings. The number of hydrogen-bond acceptors (Lipinski definition) is 5. The van der Waals surface area contributed by atoms with Crippen molar-refractivity contribution in [3.63, 3.8) is 0 Å². The van der Waals surface area contributed by atoms with Crippen LogP contribution in [0.4, 0.5) is 13.2 Å². The Hall–Kier alpha value is -2.20. The molecule has 4 rings (SSSR count). The van der Waals surface area contributed by atoms with Crippen molar-refractivity contribution in [1.29, 1.82) is 0 Å². The van der Waals surface area contributed by atoms with Crippen LogP contribution in [0.15, 0.2) is 24.5 Å². The first kappa shape index (κ1) is 23.5. The van der Waals surface area contributed by atoms with Gasteiger partial charge < -0.3 is 19.5 Å². The number of nitrogens with zero attached hydrogens (tertiary/aromatic N) is 2. The maximum atomic E-state index is 12.4. The zero-order chi connectivity index (χ0) is 22.4. The molecule has 31 heavy (non-hydrogen) atoms. The van der Waals surface area contributed by atoms with Crippen LogP contribution in [0.3, 0.4) is 0 Å². The van der Waals surface area contributed by atoms with Crippen molar-refractivity contribution in [2.45, 2.75) is 69.6 Å². The van der Waals surface area contributed by atoms with Crippen LogP contribution in [0.5, 0.6) is 0 Å². The van der Waals surface area contributed by atoms with E-state index in [0.29, 0.717) is 31.1 Å². The van der Waals surface area contributed by atoms with Crippen LogP contribution in [0.25, 0.3) is 0 Å². The molecule has 1 aromatic rings. The second-order valence-electron chi connectivity index (χ2n) is 8.14. The van der Waals surface area contributed by atoms with Gasteiger partial charge in [0.15, 0.2) is 0 Å².